The third-order valence-corrected chi connectivity index (χ3v) is 4.62. The molecule has 1 fully saturated rings. The van der Waals surface area contributed by atoms with E-state index in [4.69, 9.17) is 5.73 Å². The minimum atomic E-state index is 0.442. The zero-order valence-electron chi connectivity index (χ0n) is 7.55. The van der Waals surface area contributed by atoms with Gasteiger partial charge in [-0.1, -0.05) is 6.42 Å². The van der Waals surface area contributed by atoms with Gasteiger partial charge in [0.15, 0.2) is 0 Å². The first-order valence-corrected chi connectivity index (χ1v) is 6.39. The van der Waals surface area contributed by atoms with Gasteiger partial charge in [0, 0.05) is 0 Å². The standard InChI is InChI=1S/C10H14BrNS/c11-9-6-8(7-13-9)10(4-5-12)2-1-3-10/h6-7H,1-5,12H2. The molecular formula is C10H14BrNS. The summed E-state index contributed by atoms with van der Waals surface area (Å²) in [5, 5.41) is 2.28. The van der Waals surface area contributed by atoms with Crippen molar-refractivity contribution in [3.8, 4) is 0 Å². The number of halogens is 1. The second-order valence-electron chi connectivity index (χ2n) is 3.81. The average molecular weight is 260 g/mol. The van der Waals surface area contributed by atoms with Crippen molar-refractivity contribution in [1.82, 2.24) is 0 Å². The molecular weight excluding hydrogens is 246 g/mol. The lowest BCUT2D eigenvalue weighted by atomic mass is 9.63. The maximum Gasteiger partial charge on any atom is 0.0701 e. The molecule has 72 valence electrons. The Bertz CT molecular complexity index is 291. The molecule has 1 nitrogen and oxygen atoms in total. The van der Waals surface area contributed by atoms with Crippen LogP contribution in [0.25, 0.3) is 0 Å². The van der Waals surface area contributed by atoms with Crippen LogP contribution in [0.5, 0.6) is 0 Å². The van der Waals surface area contributed by atoms with Gasteiger partial charge in [-0.05, 0) is 64.2 Å². The van der Waals surface area contributed by atoms with E-state index in [-0.39, 0.29) is 0 Å². The zero-order chi connectivity index (χ0) is 9.31. The fourth-order valence-corrected chi connectivity index (χ4v) is 3.43. The fourth-order valence-electron chi connectivity index (χ4n) is 2.15. The highest BCUT2D eigenvalue weighted by Crippen LogP contribution is 2.47. The molecule has 2 rings (SSSR count). The molecule has 1 aliphatic carbocycles. The van der Waals surface area contributed by atoms with E-state index in [0.29, 0.717) is 5.41 Å². The number of hydrogen-bond donors (Lipinski definition) is 1. The minimum absolute atomic E-state index is 0.442. The van der Waals surface area contributed by atoms with E-state index in [2.05, 4.69) is 27.4 Å². The van der Waals surface area contributed by atoms with Crippen LogP contribution < -0.4 is 5.73 Å². The summed E-state index contributed by atoms with van der Waals surface area (Å²) in [5.74, 6) is 0. The maximum absolute atomic E-state index is 5.66. The van der Waals surface area contributed by atoms with Gasteiger partial charge in [-0.3, -0.25) is 0 Å². The Labute approximate surface area is 91.5 Å². The van der Waals surface area contributed by atoms with E-state index in [1.165, 1.54) is 28.6 Å². The van der Waals surface area contributed by atoms with E-state index >= 15 is 0 Å². The van der Waals surface area contributed by atoms with Gasteiger partial charge in [0.25, 0.3) is 0 Å². The SMILES string of the molecule is NCCC1(c2csc(Br)c2)CCC1. The average Bonchev–Trinajstić information content (AvgIpc) is 2.44. The van der Waals surface area contributed by atoms with Gasteiger partial charge in [-0.2, -0.15) is 0 Å². The topological polar surface area (TPSA) is 26.0 Å². The zero-order valence-corrected chi connectivity index (χ0v) is 9.96. The summed E-state index contributed by atoms with van der Waals surface area (Å²) in [4.78, 5) is 0. The molecule has 3 heteroatoms. The third-order valence-electron chi connectivity index (χ3n) is 3.11. The molecule has 1 aromatic rings. The number of thiophene rings is 1. The molecule has 1 aromatic heterocycles. The molecule has 1 saturated carbocycles. The highest BCUT2D eigenvalue weighted by atomic mass is 79.9. The van der Waals surface area contributed by atoms with Crippen LogP contribution in [0.2, 0.25) is 0 Å². The molecule has 0 aliphatic heterocycles. The molecule has 1 aliphatic rings. The van der Waals surface area contributed by atoms with Crippen LogP contribution in [0.4, 0.5) is 0 Å². The molecule has 13 heavy (non-hydrogen) atoms. The van der Waals surface area contributed by atoms with Gasteiger partial charge in [-0.15, -0.1) is 11.3 Å². The summed E-state index contributed by atoms with van der Waals surface area (Å²) >= 11 is 5.30. The second kappa shape index (κ2) is 3.71. The first-order valence-electron chi connectivity index (χ1n) is 4.71. The second-order valence-corrected chi connectivity index (χ2v) is 6.10. The normalized spacial score (nSPS) is 19.8. The lowest BCUT2D eigenvalue weighted by molar-refractivity contribution is 0.230. The fraction of sp³-hybridized carbons (Fsp3) is 0.600. The molecule has 0 saturated heterocycles. The highest BCUT2D eigenvalue weighted by molar-refractivity contribution is 9.11. The molecule has 0 bridgehead atoms. The van der Waals surface area contributed by atoms with Crippen LogP contribution in [-0.2, 0) is 5.41 Å². The first-order chi connectivity index (χ1) is 6.27. The van der Waals surface area contributed by atoms with E-state index in [9.17, 15) is 0 Å². The number of nitrogens with two attached hydrogens (primary N) is 1. The molecule has 0 aromatic carbocycles. The van der Waals surface area contributed by atoms with Crippen LogP contribution in [0.1, 0.15) is 31.2 Å². The van der Waals surface area contributed by atoms with Crippen LogP contribution >= 0.6 is 27.3 Å². The molecule has 2 N–H and O–H groups in total. The van der Waals surface area contributed by atoms with Crippen molar-refractivity contribution >= 4 is 27.3 Å². The van der Waals surface area contributed by atoms with E-state index in [0.717, 1.165) is 13.0 Å². The largest absolute Gasteiger partial charge is 0.330 e. The quantitative estimate of drug-likeness (QED) is 0.886. The van der Waals surface area contributed by atoms with E-state index in [1.54, 1.807) is 11.3 Å². The summed E-state index contributed by atoms with van der Waals surface area (Å²) in [6, 6.07) is 2.26. The summed E-state index contributed by atoms with van der Waals surface area (Å²) in [5.41, 5.74) is 7.60. The molecule has 1 heterocycles. The monoisotopic (exact) mass is 259 g/mol. The minimum Gasteiger partial charge on any atom is -0.330 e. The lowest BCUT2D eigenvalue weighted by Crippen LogP contribution is -2.35. The summed E-state index contributed by atoms with van der Waals surface area (Å²) < 4.78 is 1.24. The Balaban J connectivity index is 2.21. The van der Waals surface area contributed by atoms with Crippen molar-refractivity contribution in [3.05, 3.63) is 20.8 Å². The van der Waals surface area contributed by atoms with Gasteiger partial charge in [0.05, 0.1) is 3.79 Å². The van der Waals surface area contributed by atoms with Crippen molar-refractivity contribution in [2.75, 3.05) is 6.54 Å². The summed E-state index contributed by atoms with van der Waals surface area (Å²) in [6.45, 7) is 0.813. The van der Waals surface area contributed by atoms with Crippen molar-refractivity contribution in [3.63, 3.8) is 0 Å². The maximum atomic E-state index is 5.66. The van der Waals surface area contributed by atoms with Crippen molar-refractivity contribution in [2.45, 2.75) is 31.1 Å². The van der Waals surface area contributed by atoms with Crippen LogP contribution in [0.3, 0.4) is 0 Å². The molecule has 0 atom stereocenters. The smallest absolute Gasteiger partial charge is 0.0701 e. The van der Waals surface area contributed by atoms with Crippen LogP contribution in [0.15, 0.2) is 15.2 Å². The van der Waals surface area contributed by atoms with E-state index < -0.39 is 0 Å². The highest BCUT2D eigenvalue weighted by Gasteiger charge is 2.38. The summed E-state index contributed by atoms with van der Waals surface area (Å²) in [7, 11) is 0. The van der Waals surface area contributed by atoms with Gasteiger partial charge in [0.2, 0.25) is 0 Å². The van der Waals surface area contributed by atoms with Gasteiger partial charge in [0.1, 0.15) is 0 Å². The van der Waals surface area contributed by atoms with Gasteiger partial charge < -0.3 is 5.73 Å². The van der Waals surface area contributed by atoms with Crippen molar-refractivity contribution in [1.29, 1.82) is 0 Å². The van der Waals surface area contributed by atoms with Crippen molar-refractivity contribution < 1.29 is 0 Å². The Morgan fingerprint density at radius 3 is 2.69 bits per heavy atom. The Kier molecular flexibility index (Phi) is 2.77. The Morgan fingerprint density at radius 1 is 1.54 bits per heavy atom. The van der Waals surface area contributed by atoms with Crippen LogP contribution in [-0.4, -0.2) is 6.54 Å². The third kappa shape index (κ3) is 1.69. The Hall–Kier alpha value is 0.140. The first kappa shape index (κ1) is 9.69. The molecule has 0 unspecified atom stereocenters. The number of rotatable bonds is 3. The summed E-state index contributed by atoms with van der Waals surface area (Å²) in [6.07, 6.45) is 5.17. The van der Waals surface area contributed by atoms with Gasteiger partial charge in [-0.25, -0.2) is 0 Å². The number of hydrogen-bond acceptors (Lipinski definition) is 2. The predicted octanol–water partition coefficient (Wildman–Crippen LogP) is 3.28. The molecule has 0 radical (unpaired) electrons. The molecule has 0 amide bonds. The van der Waals surface area contributed by atoms with E-state index in [1.807, 2.05) is 0 Å². The van der Waals surface area contributed by atoms with Crippen LogP contribution in [0, 0.1) is 0 Å². The molecule has 0 spiro atoms. The lowest BCUT2D eigenvalue weighted by Gasteiger charge is -2.41. The van der Waals surface area contributed by atoms with Gasteiger partial charge >= 0.3 is 0 Å². The predicted molar refractivity (Wildman–Crippen MR) is 61.2 cm³/mol. The van der Waals surface area contributed by atoms with Crippen molar-refractivity contribution in [2.24, 2.45) is 5.73 Å². The Morgan fingerprint density at radius 2 is 2.31 bits per heavy atom.